The lowest BCUT2D eigenvalue weighted by molar-refractivity contribution is 0.102. The predicted octanol–water partition coefficient (Wildman–Crippen LogP) is 3.57. The first-order valence-electron chi connectivity index (χ1n) is 9.68. The molecular formula is C21H21ClN4O4S. The first kappa shape index (κ1) is 21.4. The molecule has 2 aromatic carbocycles. The van der Waals surface area contributed by atoms with Crippen molar-refractivity contribution in [2.45, 2.75) is 17.7 Å². The van der Waals surface area contributed by atoms with Gasteiger partial charge in [0.05, 0.1) is 17.0 Å². The Bertz CT molecular complexity index is 1200. The van der Waals surface area contributed by atoms with Gasteiger partial charge in [-0.2, -0.15) is 4.31 Å². The summed E-state index contributed by atoms with van der Waals surface area (Å²) in [7, 11) is -1.95. The maximum absolute atomic E-state index is 12.7. The molecule has 0 spiro atoms. The maximum Gasteiger partial charge on any atom is 0.275 e. The fourth-order valence-corrected chi connectivity index (χ4v) is 5.16. The van der Waals surface area contributed by atoms with Crippen molar-refractivity contribution >= 4 is 33.2 Å². The molecule has 3 aromatic rings. The molecule has 162 valence electrons. The van der Waals surface area contributed by atoms with E-state index >= 15 is 0 Å². The van der Waals surface area contributed by atoms with Gasteiger partial charge in [-0.05, 0) is 55.3 Å². The van der Waals surface area contributed by atoms with Gasteiger partial charge in [0.2, 0.25) is 10.0 Å². The van der Waals surface area contributed by atoms with Gasteiger partial charge in [-0.15, -0.1) is 0 Å². The number of hydrogen-bond donors (Lipinski definition) is 1. The number of aromatic nitrogens is 2. The Hall–Kier alpha value is -2.88. The van der Waals surface area contributed by atoms with Gasteiger partial charge in [0.15, 0.2) is 0 Å². The van der Waals surface area contributed by atoms with E-state index in [-0.39, 0.29) is 10.6 Å². The summed E-state index contributed by atoms with van der Waals surface area (Å²) in [6.07, 6.45) is 4.85. The molecule has 0 atom stereocenters. The number of benzene rings is 2. The predicted molar refractivity (Wildman–Crippen MR) is 118 cm³/mol. The number of methoxy groups -OCH3 is 1. The molecule has 0 unspecified atom stereocenters. The lowest BCUT2D eigenvalue weighted by atomic mass is 10.3. The molecular weight excluding hydrogens is 440 g/mol. The third-order valence-electron chi connectivity index (χ3n) is 5.06. The number of halogens is 1. The third-order valence-corrected chi connectivity index (χ3v) is 7.27. The zero-order chi connectivity index (χ0) is 22.0. The number of ether oxygens (including phenoxy) is 1. The molecule has 0 bridgehead atoms. The largest absolute Gasteiger partial charge is 0.495 e. The monoisotopic (exact) mass is 460 g/mol. The molecule has 0 radical (unpaired) electrons. The number of sulfonamides is 1. The molecule has 1 N–H and O–H groups in total. The molecule has 1 fully saturated rings. The number of nitrogens with one attached hydrogen (secondary N) is 1. The number of nitrogens with zero attached hydrogens (tertiary/aromatic N) is 3. The summed E-state index contributed by atoms with van der Waals surface area (Å²) in [6, 6.07) is 11.5. The number of imidazole rings is 1. The van der Waals surface area contributed by atoms with E-state index in [1.807, 2.05) is 0 Å². The molecule has 1 amide bonds. The first-order valence-corrected chi connectivity index (χ1v) is 11.5. The Balaban J connectivity index is 1.48. The Morgan fingerprint density at radius 3 is 2.48 bits per heavy atom. The highest BCUT2D eigenvalue weighted by Gasteiger charge is 2.27. The van der Waals surface area contributed by atoms with Gasteiger partial charge in [0, 0.05) is 30.7 Å². The van der Waals surface area contributed by atoms with Crippen molar-refractivity contribution in [1.29, 1.82) is 0 Å². The fourth-order valence-electron chi connectivity index (χ4n) is 3.39. The van der Waals surface area contributed by atoms with Gasteiger partial charge >= 0.3 is 0 Å². The van der Waals surface area contributed by atoms with Gasteiger partial charge in [0.25, 0.3) is 5.91 Å². The number of carbonyl (C=O) groups is 1. The Kier molecular flexibility index (Phi) is 5.99. The standard InChI is InChI=1S/C21H21ClN4O4S/c1-30-20-9-4-15(12-18(20)22)24-21(27)19-13-25(14-23-19)16-5-7-17(8-6-16)31(28,29)26-10-2-3-11-26/h4-9,12-14H,2-3,10-11H2,1H3,(H,24,27). The topological polar surface area (TPSA) is 93.5 Å². The molecule has 1 saturated heterocycles. The van der Waals surface area contributed by atoms with Crippen molar-refractivity contribution in [3.8, 4) is 11.4 Å². The molecule has 1 aliphatic rings. The van der Waals surface area contributed by atoms with E-state index in [0.717, 1.165) is 12.8 Å². The zero-order valence-electron chi connectivity index (χ0n) is 16.8. The smallest absolute Gasteiger partial charge is 0.275 e. The Labute approximate surface area is 185 Å². The summed E-state index contributed by atoms with van der Waals surface area (Å²) in [5.41, 5.74) is 1.42. The van der Waals surface area contributed by atoms with Crippen molar-refractivity contribution in [1.82, 2.24) is 13.9 Å². The van der Waals surface area contributed by atoms with Gasteiger partial charge in [0.1, 0.15) is 17.8 Å². The van der Waals surface area contributed by atoms with Crippen molar-refractivity contribution in [2.24, 2.45) is 0 Å². The molecule has 8 nitrogen and oxygen atoms in total. The second-order valence-corrected chi connectivity index (χ2v) is 9.42. The third kappa shape index (κ3) is 4.43. The van der Waals surface area contributed by atoms with Crippen LogP contribution in [0, 0.1) is 0 Å². The Morgan fingerprint density at radius 1 is 1.13 bits per heavy atom. The molecule has 4 rings (SSSR count). The second kappa shape index (κ2) is 8.70. The van der Waals surface area contributed by atoms with Crippen molar-refractivity contribution < 1.29 is 17.9 Å². The summed E-state index contributed by atoms with van der Waals surface area (Å²) in [5, 5.41) is 3.12. The highest BCUT2D eigenvalue weighted by molar-refractivity contribution is 7.89. The van der Waals surface area contributed by atoms with Gasteiger partial charge < -0.3 is 14.6 Å². The quantitative estimate of drug-likeness (QED) is 0.607. The average molecular weight is 461 g/mol. The van der Waals surface area contributed by atoms with Crippen LogP contribution in [-0.2, 0) is 10.0 Å². The first-order chi connectivity index (χ1) is 14.9. The summed E-state index contributed by atoms with van der Waals surface area (Å²) in [4.78, 5) is 16.9. The lowest BCUT2D eigenvalue weighted by Gasteiger charge is -2.15. The van der Waals surface area contributed by atoms with E-state index in [9.17, 15) is 13.2 Å². The molecule has 0 aliphatic carbocycles. The minimum absolute atomic E-state index is 0.209. The van der Waals surface area contributed by atoms with E-state index in [4.69, 9.17) is 16.3 Å². The molecule has 0 saturated carbocycles. The van der Waals surface area contributed by atoms with E-state index in [1.54, 1.807) is 53.2 Å². The maximum atomic E-state index is 12.7. The van der Waals surface area contributed by atoms with Crippen molar-refractivity contribution in [2.75, 3.05) is 25.5 Å². The highest BCUT2D eigenvalue weighted by atomic mass is 35.5. The van der Waals surface area contributed by atoms with Crippen LogP contribution in [-0.4, -0.2) is 48.4 Å². The fraction of sp³-hybridized carbons (Fsp3) is 0.238. The van der Waals surface area contributed by atoms with Gasteiger partial charge in [-0.25, -0.2) is 13.4 Å². The number of carbonyl (C=O) groups excluding carboxylic acids is 1. The summed E-state index contributed by atoms with van der Waals surface area (Å²) < 4.78 is 33.6. The summed E-state index contributed by atoms with van der Waals surface area (Å²) >= 11 is 6.09. The van der Waals surface area contributed by atoms with E-state index in [0.29, 0.717) is 35.2 Å². The van der Waals surface area contributed by atoms with Crippen LogP contribution in [0.25, 0.3) is 5.69 Å². The summed E-state index contributed by atoms with van der Waals surface area (Å²) in [6.45, 7) is 1.12. The summed E-state index contributed by atoms with van der Waals surface area (Å²) in [5.74, 6) is 0.118. The number of amides is 1. The van der Waals surface area contributed by atoms with Crippen LogP contribution in [0.1, 0.15) is 23.3 Å². The Morgan fingerprint density at radius 2 is 1.84 bits per heavy atom. The van der Waals surface area contributed by atoms with E-state index < -0.39 is 15.9 Å². The minimum atomic E-state index is -3.46. The minimum Gasteiger partial charge on any atom is -0.495 e. The molecule has 31 heavy (non-hydrogen) atoms. The van der Waals surface area contributed by atoms with Crippen LogP contribution >= 0.6 is 11.6 Å². The van der Waals surface area contributed by atoms with Crippen LogP contribution in [0.2, 0.25) is 5.02 Å². The van der Waals surface area contributed by atoms with Crippen LogP contribution in [0.5, 0.6) is 5.75 Å². The number of anilines is 1. The lowest BCUT2D eigenvalue weighted by Crippen LogP contribution is -2.27. The normalized spacial score (nSPS) is 14.5. The van der Waals surface area contributed by atoms with Gasteiger partial charge in [-0.3, -0.25) is 4.79 Å². The van der Waals surface area contributed by atoms with Gasteiger partial charge in [-0.1, -0.05) is 11.6 Å². The number of hydrogen-bond acceptors (Lipinski definition) is 5. The highest BCUT2D eigenvalue weighted by Crippen LogP contribution is 2.27. The SMILES string of the molecule is COc1ccc(NC(=O)c2cn(-c3ccc(S(=O)(=O)N4CCCC4)cc3)cn2)cc1Cl. The van der Waals surface area contributed by atoms with E-state index in [2.05, 4.69) is 10.3 Å². The average Bonchev–Trinajstić information content (AvgIpc) is 3.47. The molecule has 1 aliphatic heterocycles. The molecule has 2 heterocycles. The van der Waals surface area contributed by atoms with E-state index in [1.165, 1.54) is 17.7 Å². The molecule has 1 aromatic heterocycles. The second-order valence-electron chi connectivity index (χ2n) is 7.07. The van der Waals surface area contributed by atoms with Crippen LogP contribution in [0.15, 0.2) is 59.9 Å². The van der Waals surface area contributed by atoms with Crippen LogP contribution in [0.3, 0.4) is 0 Å². The number of rotatable bonds is 6. The molecule has 10 heteroatoms. The van der Waals surface area contributed by atoms with Crippen LogP contribution in [0.4, 0.5) is 5.69 Å². The van der Waals surface area contributed by atoms with Crippen LogP contribution < -0.4 is 10.1 Å². The zero-order valence-corrected chi connectivity index (χ0v) is 18.4. The van der Waals surface area contributed by atoms with Crippen molar-refractivity contribution in [3.05, 3.63) is 65.7 Å². The van der Waals surface area contributed by atoms with Crippen molar-refractivity contribution in [3.63, 3.8) is 0 Å².